The van der Waals surface area contributed by atoms with Gasteiger partial charge in [-0.25, -0.2) is 0 Å². The Morgan fingerprint density at radius 3 is 2.41 bits per heavy atom. The number of hydrogen-bond donors (Lipinski definition) is 3. The molecule has 0 saturated carbocycles. The van der Waals surface area contributed by atoms with E-state index < -0.39 is 17.4 Å². The minimum Gasteiger partial charge on any atom is -0.478 e. The van der Waals surface area contributed by atoms with Crippen molar-refractivity contribution in [2.24, 2.45) is 0 Å². The van der Waals surface area contributed by atoms with Gasteiger partial charge >= 0.3 is 0 Å². The highest BCUT2D eigenvalue weighted by Crippen LogP contribution is 2.20. The maximum Gasteiger partial charge on any atom is 0.286 e. The summed E-state index contributed by atoms with van der Waals surface area (Å²) < 4.78 is 5.61. The van der Waals surface area contributed by atoms with Gasteiger partial charge < -0.3 is 9.72 Å². The zero-order valence-electron chi connectivity index (χ0n) is 12.1. The fourth-order valence-corrected chi connectivity index (χ4v) is 1.77. The minimum atomic E-state index is -1.17. The third-order valence-electron chi connectivity index (χ3n) is 2.87. The van der Waals surface area contributed by atoms with Crippen molar-refractivity contribution in [2.75, 3.05) is 0 Å². The molecule has 116 valence electrons. The van der Waals surface area contributed by atoms with Crippen LogP contribution in [0.15, 0.2) is 42.6 Å². The summed E-state index contributed by atoms with van der Waals surface area (Å²) in [6, 6.07) is 9.93. The fourth-order valence-electron chi connectivity index (χ4n) is 1.65. The van der Waals surface area contributed by atoms with Crippen molar-refractivity contribution in [3.8, 4) is 5.75 Å². The molecule has 0 aliphatic heterocycles. The third kappa shape index (κ3) is 4.02. The van der Waals surface area contributed by atoms with Gasteiger partial charge in [-0.3, -0.25) is 20.4 Å². The van der Waals surface area contributed by atoms with E-state index in [0.29, 0.717) is 16.5 Å². The van der Waals surface area contributed by atoms with Crippen LogP contribution in [0, 0.1) is 0 Å². The Labute approximate surface area is 132 Å². The van der Waals surface area contributed by atoms with E-state index in [1.165, 1.54) is 0 Å². The molecule has 0 bridgehead atoms. The van der Waals surface area contributed by atoms with Crippen LogP contribution in [0.2, 0.25) is 5.02 Å². The predicted molar refractivity (Wildman–Crippen MR) is 82.6 cm³/mol. The SMILES string of the molecule is CC(C)(Oc1ccc(Cl)cc1)C(=O)NNC(=O)c1ccc[nH]1. The van der Waals surface area contributed by atoms with Crippen LogP contribution in [0.3, 0.4) is 0 Å². The van der Waals surface area contributed by atoms with E-state index in [2.05, 4.69) is 15.8 Å². The lowest BCUT2D eigenvalue weighted by atomic mass is 10.1. The van der Waals surface area contributed by atoms with E-state index in [1.54, 1.807) is 56.4 Å². The second-order valence-electron chi connectivity index (χ2n) is 5.06. The molecule has 1 aromatic carbocycles. The van der Waals surface area contributed by atoms with Gasteiger partial charge in [0.25, 0.3) is 11.8 Å². The first kappa shape index (κ1) is 15.9. The number of hydrogen-bond acceptors (Lipinski definition) is 3. The fraction of sp³-hybridized carbons (Fsp3) is 0.200. The Kier molecular flexibility index (Phi) is 4.72. The summed E-state index contributed by atoms with van der Waals surface area (Å²) in [5.41, 5.74) is 3.82. The highest BCUT2D eigenvalue weighted by molar-refractivity contribution is 6.30. The highest BCUT2D eigenvalue weighted by Gasteiger charge is 2.30. The number of benzene rings is 1. The van der Waals surface area contributed by atoms with Crippen LogP contribution in [0.5, 0.6) is 5.75 Å². The summed E-state index contributed by atoms with van der Waals surface area (Å²) in [6.07, 6.45) is 1.62. The number of hydrazine groups is 1. The highest BCUT2D eigenvalue weighted by atomic mass is 35.5. The van der Waals surface area contributed by atoms with Gasteiger partial charge in [-0.15, -0.1) is 0 Å². The molecule has 0 aliphatic rings. The summed E-state index contributed by atoms with van der Waals surface area (Å²) in [7, 11) is 0. The van der Waals surface area contributed by atoms with E-state index in [-0.39, 0.29) is 0 Å². The van der Waals surface area contributed by atoms with Gasteiger partial charge in [0.2, 0.25) is 0 Å². The Morgan fingerprint density at radius 2 is 1.82 bits per heavy atom. The molecule has 0 radical (unpaired) electrons. The number of nitrogens with one attached hydrogen (secondary N) is 3. The maximum absolute atomic E-state index is 12.1. The van der Waals surface area contributed by atoms with Crippen molar-refractivity contribution in [2.45, 2.75) is 19.4 Å². The molecule has 7 heteroatoms. The number of rotatable bonds is 4. The normalized spacial score (nSPS) is 10.9. The molecule has 6 nitrogen and oxygen atoms in total. The predicted octanol–water partition coefficient (Wildman–Crippen LogP) is 2.29. The van der Waals surface area contributed by atoms with Crippen molar-refractivity contribution in [1.82, 2.24) is 15.8 Å². The zero-order chi connectivity index (χ0) is 16.2. The largest absolute Gasteiger partial charge is 0.478 e. The molecule has 2 rings (SSSR count). The lowest BCUT2D eigenvalue weighted by molar-refractivity contribution is -0.135. The van der Waals surface area contributed by atoms with Crippen molar-refractivity contribution in [3.63, 3.8) is 0 Å². The lowest BCUT2D eigenvalue weighted by Gasteiger charge is -2.25. The number of aromatic amines is 1. The molecule has 1 heterocycles. The topological polar surface area (TPSA) is 83.2 Å². The number of carbonyl (C=O) groups excluding carboxylic acids is 2. The Hall–Kier alpha value is -2.47. The number of halogens is 1. The molecule has 2 amide bonds. The molecule has 22 heavy (non-hydrogen) atoms. The van der Waals surface area contributed by atoms with Crippen molar-refractivity contribution in [1.29, 1.82) is 0 Å². The average molecular weight is 322 g/mol. The molecule has 0 atom stereocenters. The van der Waals surface area contributed by atoms with Gasteiger partial charge in [-0.1, -0.05) is 11.6 Å². The second-order valence-corrected chi connectivity index (χ2v) is 5.49. The molecule has 0 spiro atoms. The third-order valence-corrected chi connectivity index (χ3v) is 3.12. The van der Waals surface area contributed by atoms with Crippen LogP contribution in [0.1, 0.15) is 24.3 Å². The number of carbonyl (C=O) groups is 2. The van der Waals surface area contributed by atoms with E-state index in [4.69, 9.17) is 16.3 Å². The minimum absolute atomic E-state index is 0.344. The molecular formula is C15H16ClN3O3. The first-order valence-electron chi connectivity index (χ1n) is 6.57. The van der Waals surface area contributed by atoms with Crippen molar-refractivity contribution >= 4 is 23.4 Å². The summed E-state index contributed by atoms with van der Waals surface area (Å²) in [6.45, 7) is 3.19. The maximum atomic E-state index is 12.1. The number of amides is 2. The van der Waals surface area contributed by atoms with Crippen LogP contribution in [-0.2, 0) is 4.79 Å². The molecule has 0 unspecified atom stereocenters. The van der Waals surface area contributed by atoms with Crippen LogP contribution in [0.25, 0.3) is 0 Å². The van der Waals surface area contributed by atoms with Gasteiger partial charge in [0, 0.05) is 11.2 Å². The average Bonchev–Trinajstić information content (AvgIpc) is 3.01. The monoisotopic (exact) mass is 321 g/mol. The van der Waals surface area contributed by atoms with E-state index in [1.807, 2.05) is 0 Å². The Balaban J connectivity index is 1.92. The Morgan fingerprint density at radius 1 is 1.14 bits per heavy atom. The van der Waals surface area contributed by atoms with E-state index in [0.717, 1.165) is 0 Å². The first-order chi connectivity index (χ1) is 10.4. The first-order valence-corrected chi connectivity index (χ1v) is 6.95. The van der Waals surface area contributed by atoms with Crippen LogP contribution in [0.4, 0.5) is 0 Å². The Bertz CT molecular complexity index is 651. The van der Waals surface area contributed by atoms with Crippen LogP contribution >= 0.6 is 11.6 Å². The van der Waals surface area contributed by atoms with Gasteiger partial charge in [-0.05, 0) is 50.2 Å². The molecule has 0 aliphatic carbocycles. The summed E-state index contributed by atoms with van der Waals surface area (Å²) in [5, 5.41) is 0.577. The lowest BCUT2D eigenvalue weighted by Crippen LogP contribution is -2.53. The van der Waals surface area contributed by atoms with Gasteiger partial charge in [0.1, 0.15) is 11.4 Å². The zero-order valence-corrected chi connectivity index (χ0v) is 12.9. The van der Waals surface area contributed by atoms with Crippen molar-refractivity contribution < 1.29 is 14.3 Å². The number of H-pyrrole nitrogens is 1. The molecule has 0 fully saturated rings. The summed E-state index contributed by atoms with van der Waals surface area (Å²) in [5.74, 6) is -0.428. The van der Waals surface area contributed by atoms with E-state index in [9.17, 15) is 9.59 Å². The molecular weight excluding hydrogens is 306 g/mol. The van der Waals surface area contributed by atoms with Crippen LogP contribution in [-0.4, -0.2) is 22.4 Å². The van der Waals surface area contributed by atoms with Gasteiger partial charge in [0.05, 0.1) is 0 Å². The second kappa shape index (κ2) is 6.53. The molecule has 0 saturated heterocycles. The molecule has 1 aromatic heterocycles. The van der Waals surface area contributed by atoms with Crippen molar-refractivity contribution in [3.05, 3.63) is 53.3 Å². The van der Waals surface area contributed by atoms with Gasteiger partial charge in [0.15, 0.2) is 5.60 Å². The molecule has 3 N–H and O–H groups in total. The number of aromatic nitrogens is 1. The van der Waals surface area contributed by atoms with E-state index >= 15 is 0 Å². The summed E-state index contributed by atoms with van der Waals surface area (Å²) in [4.78, 5) is 26.6. The molecule has 2 aromatic rings. The van der Waals surface area contributed by atoms with Crippen LogP contribution < -0.4 is 15.6 Å². The summed E-state index contributed by atoms with van der Waals surface area (Å²) >= 11 is 5.79. The number of ether oxygens (including phenoxy) is 1. The smallest absolute Gasteiger partial charge is 0.286 e. The van der Waals surface area contributed by atoms with Gasteiger partial charge in [-0.2, -0.15) is 0 Å². The quantitative estimate of drug-likeness (QED) is 0.755. The standard InChI is InChI=1S/C15H16ClN3O3/c1-15(2,22-11-7-5-10(16)6-8-11)14(21)19-18-13(20)12-4-3-9-17-12/h3-9,17H,1-2H3,(H,18,20)(H,19,21).